The topological polar surface area (TPSA) is 59.6 Å². The highest BCUT2D eigenvalue weighted by Crippen LogP contribution is 2.31. The van der Waals surface area contributed by atoms with Crippen LogP contribution < -0.4 is 15.8 Å². The Kier molecular flexibility index (Phi) is 3.96. The maximum atomic E-state index is 12.9. The molecule has 0 radical (unpaired) electrons. The first kappa shape index (κ1) is 14.4. The van der Waals surface area contributed by atoms with Crippen molar-refractivity contribution in [1.29, 1.82) is 0 Å². The van der Waals surface area contributed by atoms with Crippen molar-refractivity contribution < 1.29 is 9.13 Å². The second kappa shape index (κ2) is 6.05. The number of fused-ring (bicyclic) bond motifs is 1. The average Bonchev–Trinajstić information content (AvgIpc) is 2.50. The minimum atomic E-state index is -0.220. The summed E-state index contributed by atoms with van der Waals surface area (Å²) in [5.74, 6) is 1.31. The van der Waals surface area contributed by atoms with Crippen LogP contribution in [-0.4, -0.2) is 18.5 Å². The summed E-state index contributed by atoms with van der Waals surface area (Å²) < 4.78 is 18.7. The Balaban J connectivity index is 1.67. The van der Waals surface area contributed by atoms with Crippen molar-refractivity contribution in [2.24, 2.45) is 4.99 Å². The van der Waals surface area contributed by atoms with Crippen molar-refractivity contribution in [1.82, 2.24) is 0 Å². The summed E-state index contributed by atoms with van der Waals surface area (Å²) in [7, 11) is 0. The summed E-state index contributed by atoms with van der Waals surface area (Å²) in [6, 6.07) is 12.0. The van der Waals surface area contributed by atoms with Crippen LogP contribution in [0, 0.1) is 5.82 Å². The molecule has 0 saturated heterocycles. The Labute approximate surface area is 128 Å². The maximum absolute atomic E-state index is 12.9. The number of hydrogen-bond donors (Lipinski definition) is 2. The highest BCUT2D eigenvalue weighted by atomic mass is 19.1. The van der Waals surface area contributed by atoms with Crippen LogP contribution in [0.25, 0.3) is 0 Å². The number of ether oxygens (including phenoxy) is 1. The van der Waals surface area contributed by atoms with E-state index in [0.717, 1.165) is 29.3 Å². The molecule has 0 aromatic heterocycles. The van der Waals surface area contributed by atoms with Crippen molar-refractivity contribution in [2.45, 2.75) is 19.4 Å². The molecule has 2 aromatic carbocycles. The lowest BCUT2D eigenvalue weighted by atomic mass is 10.1. The van der Waals surface area contributed by atoms with Gasteiger partial charge in [0.25, 0.3) is 0 Å². The Hall–Kier alpha value is -2.56. The molecule has 1 atom stereocenters. The third-order valence-electron chi connectivity index (χ3n) is 3.55. The monoisotopic (exact) mass is 299 g/mol. The number of anilines is 2. The third kappa shape index (κ3) is 3.19. The summed E-state index contributed by atoms with van der Waals surface area (Å²) in [5, 5.41) is 3.28. The molecule has 4 nitrogen and oxygen atoms in total. The molecule has 0 aliphatic carbocycles. The van der Waals surface area contributed by atoms with E-state index >= 15 is 0 Å². The molecule has 5 heteroatoms. The Bertz CT molecular complexity index is 698. The fourth-order valence-electron chi connectivity index (χ4n) is 2.35. The van der Waals surface area contributed by atoms with Crippen molar-refractivity contribution in [3.05, 3.63) is 53.8 Å². The molecule has 3 rings (SSSR count). The van der Waals surface area contributed by atoms with Crippen LogP contribution in [0.15, 0.2) is 47.5 Å². The van der Waals surface area contributed by atoms with Crippen LogP contribution in [0.1, 0.15) is 12.5 Å². The van der Waals surface area contributed by atoms with Gasteiger partial charge in [-0.2, -0.15) is 0 Å². The first-order valence-electron chi connectivity index (χ1n) is 7.24. The first-order chi connectivity index (χ1) is 10.6. The number of nitrogens with two attached hydrogens (primary N) is 1. The number of nitrogens with zero attached hydrogens (tertiary/aromatic N) is 1. The Morgan fingerprint density at radius 1 is 1.23 bits per heavy atom. The van der Waals surface area contributed by atoms with Crippen molar-refractivity contribution in [2.75, 3.05) is 17.6 Å². The van der Waals surface area contributed by atoms with E-state index in [1.54, 1.807) is 18.2 Å². The zero-order valence-corrected chi connectivity index (χ0v) is 12.3. The second-order valence-electron chi connectivity index (χ2n) is 5.28. The minimum Gasteiger partial charge on any atom is -0.481 e. The summed E-state index contributed by atoms with van der Waals surface area (Å²) in [5.41, 5.74) is 8.35. The summed E-state index contributed by atoms with van der Waals surface area (Å²) in [4.78, 5) is 4.56. The molecule has 0 spiro atoms. The lowest BCUT2D eigenvalue weighted by Crippen LogP contribution is -2.35. The maximum Gasteiger partial charge on any atom is 0.153 e. The number of rotatable bonds is 3. The van der Waals surface area contributed by atoms with E-state index in [1.165, 1.54) is 12.1 Å². The quantitative estimate of drug-likeness (QED) is 0.855. The highest BCUT2D eigenvalue weighted by molar-refractivity contribution is 6.01. The molecule has 1 aliphatic rings. The van der Waals surface area contributed by atoms with E-state index in [0.29, 0.717) is 12.2 Å². The number of amidine groups is 1. The van der Waals surface area contributed by atoms with E-state index < -0.39 is 0 Å². The van der Waals surface area contributed by atoms with E-state index in [4.69, 9.17) is 10.5 Å². The number of nitrogens with one attached hydrogen (secondary N) is 1. The van der Waals surface area contributed by atoms with Gasteiger partial charge in [0.15, 0.2) is 6.10 Å². The summed E-state index contributed by atoms with van der Waals surface area (Å²) in [6.07, 6.45) is 0.606. The normalized spacial score (nSPS) is 18.5. The van der Waals surface area contributed by atoms with Gasteiger partial charge in [-0.25, -0.2) is 4.39 Å². The smallest absolute Gasteiger partial charge is 0.153 e. The molecule has 1 aliphatic heterocycles. The molecule has 1 heterocycles. The van der Waals surface area contributed by atoms with Gasteiger partial charge in [0.1, 0.15) is 17.4 Å². The molecule has 2 aromatic rings. The van der Waals surface area contributed by atoms with Gasteiger partial charge in [0, 0.05) is 18.3 Å². The van der Waals surface area contributed by atoms with Gasteiger partial charge < -0.3 is 15.8 Å². The highest BCUT2D eigenvalue weighted by Gasteiger charge is 2.21. The summed E-state index contributed by atoms with van der Waals surface area (Å²) in [6.45, 7) is 2.56. The minimum absolute atomic E-state index is 0.150. The van der Waals surface area contributed by atoms with E-state index in [1.807, 2.05) is 19.1 Å². The fraction of sp³-hybridized carbons (Fsp3) is 0.235. The van der Waals surface area contributed by atoms with Crippen molar-refractivity contribution in [3.8, 4) is 5.75 Å². The fourth-order valence-corrected chi connectivity index (χ4v) is 2.35. The van der Waals surface area contributed by atoms with Gasteiger partial charge in [-0.15, -0.1) is 0 Å². The van der Waals surface area contributed by atoms with Crippen molar-refractivity contribution >= 4 is 17.2 Å². The van der Waals surface area contributed by atoms with Gasteiger partial charge in [-0.1, -0.05) is 12.1 Å². The predicted molar refractivity (Wildman–Crippen MR) is 87.0 cm³/mol. The predicted octanol–water partition coefficient (Wildman–Crippen LogP) is 3.24. The molecule has 0 amide bonds. The molecule has 0 fully saturated rings. The van der Waals surface area contributed by atoms with Crippen LogP contribution in [-0.2, 0) is 6.42 Å². The van der Waals surface area contributed by atoms with Crippen molar-refractivity contribution in [3.63, 3.8) is 0 Å². The largest absolute Gasteiger partial charge is 0.481 e. The van der Waals surface area contributed by atoms with Gasteiger partial charge in [0.2, 0.25) is 0 Å². The zero-order valence-electron chi connectivity index (χ0n) is 12.3. The zero-order chi connectivity index (χ0) is 15.5. The molecular formula is C17H18FN3O. The van der Waals surface area contributed by atoms with Crippen LogP contribution in [0.4, 0.5) is 15.8 Å². The number of nitrogen functional groups attached to an aromatic ring is 1. The lowest BCUT2D eigenvalue weighted by Gasteiger charge is -2.26. The first-order valence-corrected chi connectivity index (χ1v) is 7.24. The van der Waals surface area contributed by atoms with E-state index in [2.05, 4.69) is 10.3 Å². The number of aliphatic imine (C=N–C) groups is 1. The standard InChI is InChI=1S/C17H18FN3O/c1-11-17(20-9-8-12-2-4-13(18)5-3-12)21-15-7-6-14(19)10-16(15)22-11/h2-7,10-11H,8-9,19H2,1H3,(H,20,21). The molecule has 114 valence electrons. The molecular weight excluding hydrogens is 281 g/mol. The molecule has 22 heavy (non-hydrogen) atoms. The molecule has 3 N–H and O–H groups in total. The molecule has 1 unspecified atom stereocenters. The SMILES string of the molecule is CC1Oc2cc(N)ccc2NC1=NCCc1ccc(F)cc1. The van der Waals surface area contributed by atoms with Crippen LogP contribution in [0.2, 0.25) is 0 Å². The Morgan fingerprint density at radius 2 is 2.00 bits per heavy atom. The molecule has 0 saturated carbocycles. The van der Waals surface area contributed by atoms with Gasteiger partial charge in [-0.05, 0) is 43.2 Å². The lowest BCUT2D eigenvalue weighted by molar-refractivity contribution is 0.282. The summed E-state index contributed by atoms with van der Waals surface area (Å²) >= 11 is 0. The third-order valence-corrected chi connectivity index (χ3v) is 3.55. The average molecular weight is 299 g/mol. The van der Waals surface area contributed by atoms with E-state index in [9.17, 15) is 4.39 Å². The Morgan fingerprint density at radius 3 is 2.77 bits per heavy atom. The van der Waals surface area contributed by atoms with Crippen LogP contribution in [0.5, 0.6) is 5.75 Å². The van der Waals surface area contributed by atoms with E-state index in [-0.39, 0.29) is 11.9 Å². The number of halogens is 1. The van der Waals surface area contributed by atoms with Gasteiger partial charge >= 0.3 is 0 Å². The van der Waals surface area contributed by atoms with Gasteiger partial charge in [-0.3, -0.25) is 4.99 Å². The van der Waals surface area contributed by atoms with Gasteiger partial charge in [0.05, 0.1) is 5.69 Å². The number of hydrogen-bond acceptors (Lipinski definition) is 3. The second-order valence-corrected chi connectivity index (χ2v) is 5.28. The van der Waals surface area contributed by atoms with Crippen LogP contribution in [0.3, 0.4) is 0 Å². The number of benzene rings is 2. The molecule has 0 bridgehead atoms. The van der Waals surface area contributed by atoms with Crippen LogP contribution >= 0.6 is 0 Å².